The summed E-state index contributed by atoms with van der Waals surface area (Å²) in [7, 11) is 0. The first-order valence-corrected chi connectivity index (χ1v) is 7.01. The van der Waals surface area contributed by atoms with Gasteiger partial charge in [-0.1, -0.05) is 34.1 Å². The second kappa shape index (κ2) is 11.4. The van der Waals surface area contributed by atoms with Crippen LogP contribution < -0.4 is 5.32 Å². The first-order valence-electron chi connectivity index (χ1n) is 7.01. The normalized spacial score (nSPS) is 13.3. The van der Waals surface area contributed by atoms with Crippen LogP contribution in [0.2, 0.25) is 0 Å². The van der Waals surface area contributed by atoms with Crippen molar-refractivity contribution in [1.82, 2.24) is 5.32 Å². The topological polar surface area (TPSA) is 21.3 Å². The third-order valence-corrected chi connectivity index (χ3v) is 2.84. The van der Waals surface area contributed by atoms with Crippen molar-refractivity contribution in [2.45, 2.75) is 65.8 Å². The van der Waals surface area contributed by atoms with Crippen LogP contribution >= 0.6 is 0 Å². The van der Waals surface area contributed by atoms with Crippen molar-refractivity contribution in [2.24, 2.45) is 5.92 Å². The lowest BCUT2D eigenvalue weighted by atomic mass is 10.0. The molecule has 1 N–H and O–H groups in total. The molecular formula is C14H31NO. The highest BCUT2D eigenvalue weighted by Gasteiger charge is 2.07. The Hall–Kier alpha value is -0.0800. The van der Waals surface area contributed by atoms with Crippen LogP contribution in [0, 0.1) is 5.92 Å². The zero-order valence-corrected chi connectivity index (χ0v) is 11.7. The average Bonchev–Trinajstić information content (AvgIpc) is 2.25. The summed E-state index contributed by atoms with van der Waals surface area (Å²) in [5.41, 5.74) is 0. The molecule has 0 aromatic heterocycles. The van der Waals surface area contributed by atoms with E-state index in [1.807, 2.05) is 0 Å². The lowest BCUT2D eigenvalue weighted by molar-refractivity contribution is 0.120. The lowest BCUT2D eigenvalue weighted by Gasteiger charge is -2.18. The van der Waals surface area contributed by atoms with Crippen LogP contribution in [-0.4, -0.2) is 25.8 Å². The van der Waals surface area contributed by atoms with Crippen LogP contribution in [-0.2, 0) is 4.74 Å². The van der Waals surface area contributed by atoms with E-state index in [-0.39, 0.29) is 0 Å². The molecule has 98 valence electrons. The summed E-state index contributed by atoms with van der Waals surface area (Å²) in [4.78, 5) is 0. The van der Waals surface area contributed by atoms with Crippen LogP contribution in [0.1, 0.15) is 59.8 Å². The van der Waals surface area contributed by atoms with Gasteiger partial charge in [0.05, 0.1) is 0 Å². The van der Waals surface area contributed by atoms with E-state index in [4.69, 9.17) is 4.74 Å². The summed E-state index contributed by atoms with van der Waals surface area (Å²) < 4.78 is 5.62. The maximum atomic E-state index is 5.62. The van der Waals surface area contributed by atoms with Gasteiger partial charge in [0.1, 0.15) is 0 Å². The SMILES string of the molecule is CCCCOCCC(CCC(C)C)NCC. The first kappa shape index (κ1) is 15.9. The zero-order valence-electron chi connectivity index (χ0n) is 11.7. The molecule has 0 spiro atoms. The van der Waals surface area contributed by atoms with Crippen LogP contribution in [0.3, 0.4) is 0 Å². The molecule has 0 aliphatic carbocycles. The molecule has 0 aliphatic rings. The standard InChI is InChI=1S/C14H31NO/c1-5-7-11-16-12-10-14(15-6-2)9-8-13(3)4/h13-15H,5-12H2,1-4H3. The Morgan fingerprint density at radius 3 is 2.31 bits per heavy atom. The molecule has 0 rings (SSSR count). The molecule has 0 fully saturated rings. The van der Waals surface area contributed by atoms with E-state index in [1.165, 1.54) is 25.7 Å². The highest BCUT2D eigenvalue weighted by molar-refractivity contribution is 4.66. The quantitative estimate of drug-likeness (QED) is 0.547. The summed E-state index contributed by atoms with van der Waals surface area (Å²) in [6.45, 7) is 11.9. The third-order valence-electron chi connectivity index (χ3n) is 2.84. The van der Waals surface area contributed by atoms with Crippen LogP contribution in [0.25, 0.3) is 0 Å². The molecule has 0 saturated heterocycles. The lowest BCUT2D eigenvalue weighted by Crippen LogP contribution is -2.30. The van der Waals surface area contributed by atoms with E-state index in [9.17, 15) is 0 Å². The Bertz CT molecular complexity index is 137. The Morgan fingerprint density at radius 1 is 1.00 bits per heavy atom. The van der Waals surface area contributed by atoms with E-state index < -0.39 is 0 Å². The molecule has 2 nitrogen and oxygen atoms in total. The van der Waals surface area contributed by atoms with E-state index in [1.54, 1.807) is 0 Å². The Morgan fingerprint density at radius 2 is 1.75 bits per heavy atom. The van der Waals surface area contributed by atoms with Gasteiger partial charge >= 0.3 is 0 Å². The zero-order chi connectivity index (χ0) is 12.2. The fourth-order valence-corrected chi connectivity index (χ4v) is 1.75. The van der Waals surface area contributed by atoms with Crippen molar-refractivity contribution in [3.05, 3.63) is 0 Å². The molecule has 1 atom stereocenters. The van der Waals surface area contributed by atoms with E-state index in [2.05, 4.69) is 33.0 Å². The van der Waals surface area contributed by atoms with Gasteiger partial charge < -0.3 is 10.1 Å². The summed E-state index contributed by atoms with van der Waals surface area (Å²) >= 11 is 0. The molecule has 1 unspecified atom stereocenters. The average molecular weight is 229 g/mol. The van der Waals surface area contributed by atoms with Crippen molar-refractivity contribution in [2.75, 3.05) is 19.8 Å². The Labute approximate surface area is 102 Å². The number of ether oxygens (including phenoxy) is 1. The van der Waals surface area contributed by atoms with E-state index in [0.29, 0.717) is 6.04 Å². The molecule has 0 aliphatic heterocycles. The second-order valence-corrected chi connectivity index (χ2v) is 4.98. The molecule has 0 aromatic carbocycles. The van der Waals surface area contributed by atoms with E-state index in [0.717, 1.165) is 32.1 Å². The van der Waals surface area contributed by atoms with Crippen molar-refractivity contribution in [3.8, 4) is 0 Å². The van der Waals surface area contributed by atoms with Crippen LogP contribution in [0.4, 0.5) is 0 Å². The summed E-state index contributed by atoms with van der Waals surface area (Å²) in [6.07, 6.45) is 6.17. The van der Waals surface area contributed by atoms with E-state index >= 15 is 0 Å². The summed E-state index contributed by atoms with van der Waals surface area (Å²) in [5.74, 6) is 0.808. The third kappa shape index (κ3) is 10.4. The Kier molecular flexibility index (Phi) is 11.3. The maximum absolute atomic E-state index is 5.62. The van der Waals surface area contributed by atoms with Gasteiger partial charge in [-0.3, -0.25) is 0 Å². The maximum Gasteiger partial charge on any atom is 0.0480 e. The highest BCUT2D eigenvalue weighted by atomic mass is 16.5. The van der Waals surface area contributed by atoms with Gasteiger partial charge in [0.25, 0.3) is 0 Å². The molecule has 0 radical (unpaired) electrons. The van der Waals surface area contributed by atoms with Crippen molar-refractivity contribution in [1.29, 1.82) is 0 Å². The van der Waals surface area contributed by atoms with Gasteiger partial charge in [0.2, 0.25) is 0 Å². The van der Waals surface area contributed by atoms with Gasteiger partial charge in [-0.25, -0.2) is 0 Å². The van der Waals surface area contributed by atoms with Crippen molar-refractivity contribution in [3.63, 3.8) is 0 Å². The minimum atomic E-state index is 0.647. The fraction of sp³-hybridized carbons (Fsp3) is 1.00. The molecule has 0 saturated carbocycles. The van der Waals surface area contributed by atoms with Gasteiger partial charge in [-0.2, -0.15) is 0 Å². The van der Waals surface area contributed by atoms with Gasteiger partial charge in [0, 0.05) is 19.3 Å². The predicted molar refractivity (Wildman–Crippen MR) is 71.9 cm³/mol. The number of hydrogen-bond donors (Lipinski definition) is 1. The minimum absolute atomic E-state index is 0.647. The molecule has 2 heteroatoms. The number of hydrogen-bond acceptors (Lipinski definition) is 2. The second-order valence-electron chi connectivity index (χ2n) is 4.98. The smallest absolute Gasteiger partial charge is 0.0480 e. The highest BCUT2D eigenvalue weighted by Crippen LogP contribution is 2.09. The van der Waals surface area contributed by atoms with Crippen LogP contribution in [0.5, 0.6) is 0 Å². The number of unbranched alkanes of at least 4 members (excludes halogenated alkanes) is 1. The van der Waals surface area contributed by atoms with Gasteiger partial charge in [-0.05, 0) is 38.1 Å². The predicted octanol–water partition coefficient (Wildman–Crippen LogP) is 3.61. The molecule has 0 bridgehead atoms. The minimum Gasteiger partial charge on any atom is -0.381 e. The Balaban J connectivity index is 3.51. The molecule has 0 amide bonds. The summed E-state index contributed by atoms with van der Waals surface area (Å²) in [6, 6.07) is 0.647. The fourth-order valence-electron chi connectivity index (χ4n) is 1.75. The molecular weight excluding hydrogens is 198 g/mol. The number of rotatable bonds is 11. The van der Waals surface area contributed by atoms with Crippen LogP contribution in [0.15, 0.2) is 0 Å². The van der Waals surface area contributed by atoms with Crippen molar-refractivity contribution < 1.29 is 4.74 Å². The summed E-state index contributed by atoms with van der Waals surface area (Å²) in [5, 5.41) is 3.55. The monoisotopic (exact) mass is 229 g/mol. The first-order chi connectivity index (χ1) is 7.70. The largest absolute Gasteiger partial charge is 0.381 e. The van der Waals surface area contributed by atoms with Gasteiger partial charge in [0.15, 0.2) is 0 Å². The molecule has 16 heavy (non-hydrogen) atoms. The van der Waals surface area contributed by atoms with Gasteiger partial charge in [-0.15, -0.1) is 0 Å². The number of nitrogens with one attached hydrogen (secondary N) is 1. The molecule has 0 heterocycles. The molecule has 0 aromatic rings. The van der Waals surface area contributed by atoms with Crippen molar-refractivity contribution >= 4 is 0 Å².